The van der Waals surface area contributed by atoms with Gasteiger partial charge in [-0.05, 0) is 72.3 Å². The number of rotatable bonds is 10. The molecule has 5 aromatic rings. The van der Waals surface area contributed by atoms with Gasteiger partial charge in [0.05, 0.1) is 35.6 Å². The zero-order valence-corrected chi connectivity index (χ0v) is 28.3. The summed E-state index contributed by atoms with van der Waals surface area (Å²) < 4.78 is 19.3. The molecular weight excluding hydrogens is 652 g/mol. The standard InChI is InChI=1S/C37H31ClN2O5S2/c1-4-44-36(42)32-33(25-10-6-5-7-11-25)39-37-40(34(32)26-14-16-28(46-3)17-15-26)35(41)31(47-37)21-23-13-18-29(30(20-23)43-2)45-22-24-9-8-12-27(38)19-24/h5-21,34H,4,22H2,1-3H3/b31-21-/t34-/m0/s1. The van der Waals surface area contributed by atoms with Gasteiger partial charge in [-0.25, -0.2) is 9.79 Å². The Morgan fingerprint density at radius 2 is 1.79 bits per heavy atom. The summed E-state index contributed by atoms with van der Waals surface area (Å²) in [5, 5.41) is 0.638. The molecule has 4 aromatic carbocycles. The molecule has 1 aliphatic heterocycles. The number of aromatic nitrogens is 1. The van der Waals surface area contributed by atoms with Crippen LogP contribution in [0.1, 0.15) is 35.2 Å². The molecular formula is C37H31ClN2O5S2. The van der Waals surface area contributed by atoms with Crippen LogP contribution in [0.25, 0.3) is 11.8 Å². The number of benzene rings is 4. The van der Waals surface area contributed by atoms with Crippen molar-refractivity contribution in [2.24, 2.45) is 4.99 Å². The molecule has 1 aliphatic rings. The highest BCUT2D eigenvalue weighted by atomic mass is 35.5. The number of hydrogen-bond donors (Lipinski definition) is 0. The van der Waals surface area contributed by atoms with Crippen molar-refractivity contribution in [3.63, 3.8) is 0 Å². The number of esters is 1. The van der Waals surface area contributed by atoms with Gasteiger partial charge in [-0.15, -0.1) is 11.8 Å². The van der Waals surface area contributed by atoms with Crippen molar-refractivity contribution in [3.8, 4) is 11.5 Å². The summed E-state index contributed by atoms with van der Waals surface area (Å²) in [5.41, 5.74) is 3.76. The number of fused-ring (bicyclic) bond motifs is 1. The van der Waals surface area contributed by atoms with Gasteiger partial charge in [0, 0.05) is 15.5 Å². The van der Waals surface area contributed by atoms with E-state index < -0.39 is 12.0 Å². The summed E-state index contributed by atoms with van der Waals surface area (Å²) in [5.74, 6) is 0.573. The van der Waals surface area contributed by atoms with Gasteiger partial charge in [-0.3, -0.25) is 9.36 Å². The molecule has 0 saturated heterocycles. The summed E-state index contributed by atoms with van der Waals surface area (Å²) in [6.07, 6.45) is 3.81. The van der Waals surface area contributed by atoms with Crippen molar-refractivity contribution in [3.05, 3.63) is 150 Å². The average Bonchev–Trinajstić information content (AvgIpc) is 3.41. The maximum atomic E-state index is 14.2. The molecule has 7 nitrogen and oxygen atoms in total. The number of ether oxygens (including phenoxy) is 3. The molecule has 238 valence electrons. The van der Waals surface area contributed by atoms with E-state index >= 15 is 0 Å². The molecule has 0 amide bonds. The lowest BCUT2D eigenvalue weighted by Gasteiger charge is -2.26. The molecule has 0 bridgehead atoms. The highest BCUT2D eigenvalue weighted by molar-refractivity contribution is 7.98. The Balaban J connectivity index is 1.47. The zero-order valence-electron chi connectivity index (χ0n) is 25.9. The third kappa shape index (κ3) is 6.93. The van der Waals surface area contributed by atoms with Gasteiger partial charge in [0.25, 0.3) is 5.56 Å². The predicted octanol–water partition coefficient (Wildman–Crippen LogP) is 6.90. The maximum Gasteiger partial charge on any atom is 0.338 e. The fourth-order valence-corrected chi connectivity index (χ4v) is 7.00. The normalized spacial score (nSPS) is 14.4. The van der Waals surface area contributed by atoms with Crippen LogP contribution in [0.15, 0.2) is 117 Å². The van der Waals surface area contributed by atoms with Crippen molar-refractivity contribution in [1.29, 1.82) is 0 Å². The van der Waals surface area contributed by atoms with Crippen molar-refractivity contribution in [2.45, 2.75) is 24.5 Å². The topological polar surface area (TPSA) is 79.1 Å². The molecule has 0 spiro atoms. The van der Waals surface area contributed by atoms with Crippen LogP contribution in [-0.4, -0.2) is 30.5 Å². The van der Waals surface area contributed by atoms with Crippen molar-refractivity contribution < 1.29 is 19.0 Å². The lowest BCUT2D eigenvalue weighted by Crippen LogP contribution is -2.40. The highest BCUT2D eigenvalue weighted by Crippen LogP contribution is 2.36. The number of thioether (sulfide) groups is 1. The monoisotopic (exact) mass is 682 g/mol. The molecule has 0 N–H and O–H groups in total. The van der Waals surface area contributed by atoms with Gasteiger partial charge < -0.3 is 14.2 Å². The van der Waals surface area contributed by atoms with Crippen LogP contribution in [0.5, 0.6) is 11.5 Å². The minimum Gasteiger partial charge on any atom is -0.493 e. The van der Waals surface area contributed by atoms with Crippen LogP contribution in [0, 0.1) is 0 Å². The largest absolute Gasteiger partial charge is 0.493 e. The number of methoxy groups -OCH3 is 1. The second-order valence-electron chi connectivity index (χ2n) is 10.5. The Morgan fingerprint density at radius 1 is 1.00 bits per heavy atom. The molecule has 0 fully saturated rings. The second kappa shape index (κ2) is 14.5. The molecule has 6 rings (SSSR count). The summed E-state index contributed by atoms with van der Waals surface area (Å²) in [4.78, 5) is 34.4. The quantitative estimate of drug-likeness (QED) is 0.118. The van der Waals surface area contributed by atoms with Gasteiger partial charge in [0.15, 0.2) is 16.3 Å². The second-order valence-corrected chi connectivity index (χ2v) is 12.9. The average molecular weight is 683 g/mol. The zero-order chi connectivity index (χ0) is 32.9. The summed E-state index contributed by atoms with van der Waals surface area (Å²) in [6, 6.07) is 29.6. The Kier molecular flexibility index (Phi) is 9.96. The molecule has 0 radical (unpaired) electrons. The van der Waals surface area contributed by atoms with Crippen LogP contribution >= 0.6 is 34.7 Å². The number of halogens is 1. The van der Waals surface area contributed by atoms with Crippen LogP contribution in [-0.2, 0) is 16.1 Å². The molecule has 1 atom stereocenters. The number of hydrogen-bond acceptors (Lipinski definition) is 8. The van der Waals surface area contributed by atoms with Crippen LogP contribution in [0.3, 0.4) is 0 Å². The first-order valence-corrected chi connectivity index (χ1v) is 17.3. The van der Waals surface area contributed by atoms with Gasteiger partial charge in [0.1, 0.15) is 6.61 Å². The smallest absolute Gasteiger partial charge is 0.338 e. The lowest BCUT2D eigenvalue weighted by molar-refractivity contribution is -0.138. The minimum absolute atomic E-state index is 0.188. The summed E-state index contributed by atoms with van der Waals surface area (Å²) >= 11 is 9.01. The van der Waals surface area contributed by atoms with E-state index in [-0.39, 0.29) is 12.2 Å². The molecule has 0 aliphatic carbocycles. The van der Waals surface area contributed by atoms with Gasteiger partial charge >= 0.3 is 5.97 Å². The maximum absolute atomic E-state index is 14.2. The van der Waals surface area contributed by atoms with Gasteiger partial charge in [-0.1, -0.05) is 83.6 Å². The Morgan fingerprint density at radius 3 is 2.49 bits per heavy atom. The van der Waals surface area contributed by atoms with Crippen molar-refractivity contribution in [2.75, 3.05) is 20.0 Å². The lowest BCUT2D eigenvalue weighted by atomic mass is 9.93. The molecule has 0 saturated carbocycles. The number of nitrogens with zero attached hydrogens (tertiary/aromatic N) is 2. The van der Waals surface area contributed by atoms with E-state index in [1.165, 1.54) is 11.3 Å². The SMILES string of the molecule is CCOC(=O)C1=C(c2ccccc2)N=c2s/c(=C\c3ccc(OCc4cccc(Cl)c4)c(OC)c3)c(=O)n2[C@H]1c1ccc(SC)cc1. The van der Waals surface area contributed by atoms with E-state index in [9.17, 15) is 9.59 Å². The van der Waals surface area contributed by atoms with E-state index in [1.54, 1.807) is 36.4 Å². The number of carbonyl (C=O) groups is 1. The van der Waals surface area contributed by atoms with Crippen LogP contribution in [0.4, 0.5) is 0 Å². The van der Waals surface area contributed by atoms with Crippen molar-refractivity contribution >= 4 is 52.4 Å². The number of carbonyl (C=O) groups excluding carboxylic acids is 1. The predicted molar refractivity (Wildman–Crippen MR) is 188 cm³/mol. The first-order chi connectivity index (χ1) is 22.9. The molecule has 10 heteroatoms. The highest BCUT2D eigenvalue weighted by Gasteiger charge is 2.35. The molecule has 47 heavy (non-hydrogen) atoms. The van der Waals surface area contributed by atoms with E-state index in [0.29, 0.717) is 43.7 Å². The Hall–Kier alpha value is -4.57. The molecule has 2 heterocycles. The minimum atomic E-state index is -0.740. The first kappa shape index (κ1) is 32.4. The third-order valence-corrected chi connectivity index (χ3v) is 9.54. The summed E-state index contributed by atoms with van der Waals surface area (Å²) in [6.45, 7) is 2.27. The fourth-order valence-electron chi connectivity index (χ4n) is 5.37. The van der Waals surface area contributed by atoms with Crippen molar-refractivity contribution in [1.82, 2.24) is 4.57 Å². The summed E-state index contributed by atoms with van der Waals surface area (Å²) in [7, 11) is 1.57. The van der Waals surface area contributed by atoms with Gasteiger partial charge in [-0.2, -0.15) is 0 Å². The number of thiazole rings is 1. The molecule has 1 aromatic heterocycles. The third-order valence-electron chi connectivity index (χ3n) is 7.57. The fraction of sp³-hybridized carbons (Fsp3) is 0.162. The van der Waals surface area contributed by atoms with E-state index in [0.717, 1.165) is 27.1 Å². The van der Waals surface area contributed by atoms with E-state index in [4.69, 9.17) is 30.8 Å². The van der Waals surface area contributed by atoms with E-state index in [2.05, 4.69) is 0 Å². The Labute approximate surface area is 285 Å². The van der Waals surface area contributed by atoms with Crippen LogP contribution < -0.4 is 24.4 Å². The van der Waals surface area contributed by atoms with Gasteiger partial charge in [0.2, 0.25) is 0 Å². The van der Waals surface area contributed by atoms with E-state index in [1.807, 2.05) is 103 Å². The Bertz CT molecular complexity index is 2140. The molecule has 0 unspecified atom stereocenters. The van der Waals surface area contributed by atoms with Crippen LogP contribution in [0.2, 0.25) is 5.02 Å². The first-order valence-electron chi connectivity index (χ1n) is 14.9.